The minimum Gasteiger partial charge on any atom is -0.493 e. The maximum Gasteiger partial charge on any atom is 0.282 e. The molecule has 0 amide bonds. The van der Waals surface area contributed by atoms with E-state index in [9.17, 15) is 4.79 Å². The van der Waals surface area contributed by atoms with Crippen molar-refractivity contribution in [3.05, 3.63) is 137 Å². The third-order valence-electron chi connectivity index (χ3n) is 7.19. The Morgan fingerprint density at radius 2 is 1.57 bits per heavy atom. The van der Waals surface area contributed by atoms with E-state index in [0.717, 1.165) is 21.7 Å². The summed E-state index contributed by atoms with van der Waals surface area (Å²) < 4.78 is 19.4. The van der Waals surface area contributed by atoms with Crippen LogP contribution in [0.5, 0.6) is 11.5 Å². The molecule has 0 atom stereocenters. The number of rotatable bonds is 7. The van der Waals surface area contributed by atoms with Gasteiger partial charge in [-0.05, 0) is 52.7 Å². The lowest BCUT2D eigenvalue weighted by Crippen LogP contribution is -2.20. The van der Waals surface area contributed by atoms with Crippen molar-refractivity contribution in [3.63, 3.8) is 0 Å². The molecule has 0 saturated heterocycles. The lowest BCUT2D eigenvalue weighted by molar-refractivity contribution is 0.285. The molecule has 0 fully saturated rings. The van der Waals surface area contributed by atoms with Crippen LogP contribution in [-0.2, 0) is 6.61 Å². The van der Waals surface area contributed by atoms with Crippen LogP contribution < -0.4 is 15.0 Å². The van der Waals surface area contributed by atoms with E-state index >= 15 is 0 Å². The molecule has 0 saturated carbocycles. The molecule has 204 valence electrons. The predicted molar refractivity (Wildman–Crippen MR) is 165 cm³/mol. The fourth-order valence-corrected chi connectivity index (χ4v) is 5.12. The van der Waals surface area contributed by atoms with Crippen LogP contribution in [0.15, 0.2) is 130 Å². The normalized spacial score (nSPS) is 11.5. The van der Waals surface area contributed by atoms with Crippen molar-refractivity contribution in [1.82, 2.24) is 9.66 Å². The average Bonchev–Trinajstić information content (AvgIpc) is 3.48. The van der Waals surface area contributed by atoms with E-state index in [1.165, 1.54) is 4.68 Å². The number of furan rings is 1. The molecule has 5 aromatic carbocycles. The first-order chi connectivity index (χ1) is 20.7. The number of nitrogens with zero attached hydrogens (tertiary/aromatic N) is 3. The fourth-order valence-electron chi connectivity index (χ4n) is 5.12. The number of aromatic nitrogens is 2. The zero-order valence-electron chi connectivity index (χ0n) is 22.7. The van der Waals surface area contributed by atoms with Gasteiger partial charge < -0.3 is 13.9 Å². The summed E-state index contributed by atoms with van der Waals surface area (Å²) in [5.74, 6) is 1.81. The summed E-state index contributed by atoms with van der Waals surface area (Å²) in [6.45, 7) is 0.324. The highest BCUT2D eigenvalue weighted by Crippen LogP contribution is 2.32. The molecule has 0 unspecified atom stereocenters. The van der Waals surface area contributed by atoms with Gasteiger partial charge in [0.15, 0.2) is 17.3 Å². The second-order valence-electron chi connectivity index (χ2n) is 9.77. The quantitative estimate of drug-likeness (QED) is 0.193. The van der Waals surface area contributed by atoms with Crippen LogP contribution in [0.2, 0.25) is 0 Å². The number of para-hydroxylation sites is 3. The smallest absolute Gasteiger partial charge is 0.282 e. The van der Waals surface area contributed by atoms with Crippen molar-refractivity contribution in [2.45, 2.75) is 6.61 Å². The molecule has 2 heterocycles. The van der Waals surface area contributed by atoms with Crippen LogP contribution in [0.4, 0.5) is 0 Å². The number of ether oxygens (including phenoxy) is 2. The van der Waals surface area contributed by atoms with Crippen molar-refractivity contribution >= 4 is 38.9 Å². The Balaban J connectivity index is 1.32. The van der Waals surface area contributed by atoms with Gasteiger partial charge in [0.1, 0.15) is 12.2 Å². The van der Waals surface area contributed by atoms with Crippen LogP contribution in [0.3, 0.4) is 0 Å². The third kappa shape index (κ3) is 4.57. The van der Waals surface area contributed by atoms with Gasteiger partial charge >= 0.3 is 0 Å². The minimum atomic E-state index is -0.312. The van der Waals surface area contributed by atoms with Gasteiger partial charge in [-0.2, -0.15) is 9.78 Å². The summed E-state index contributed by atoms with van der Waals surface area (Å²) in [6.07, 6.45) is 1.59. The van der Waals surface area contributed by atoms with E-state index in [4.69, 9.17) is 18.9 Å². The number of benzene rings is 5. The molecule has 0 spiro atoms. The zero-order chi connectivity index (χ0) is 28.5. The molecule has 7 nitrogen and oxygen atoms in total. The van der Waals surface area contributed by atoms with Crippen molar-refractivity contribution in [3.8, 4) is 23.1 Å². The molecule has 0 bridgehead atoms. The largest absolute Gasteiger partial charge is 0.493 e. The number of fused-ring (bicyclic) bond motifs is 3. The summed E-state index contributed by atoms with van der Waals surface area (Å²) >= 11 is 0. The van der Waals surface area contributed by atoms with Gasteiger partial charge in [0.25, 0.3) is 5.56 Å². The fraction of sp³-hybridized carbons (Fsp3) is 0.0571. The third-order valence-corrected chi connectivity index (χ3v) is 7.19. The zero-order valence-corrected chi connectivity index (χ0v) is 22.7. The maximum atomic E-state index is 13.7. The SMILES string of the molecule is COc1cccc(C=Nn2c(-c3cc4ccccc4o3)nc3ccccc3c2=O)c1OCc1cccc2ccccc12. The molecule has 0 aliphatic rings. The molecule has 7 rings (SSSR count). The summed E-state index contributed by atoms with van der Waals surface area (Å²) in [5.41, 5.74) is 2.63. The first-order valence-corrected chi connectivity index (χ1v) is 13.5. The lowest BCUT2D eigenvalue weighted by atomic mass is 10.1. The first kappa shape index (κ1) is 25.3. The predicted octanol–water partition coefficient (Wildman–Crippen LogP) is 7.43. The molecule has 0 aliphatic heterocycles. The van der Waals surface area contributed by atoms with Gasteiger partial charge in [-0.3, -0.25) is 4.79 Å². The van der Waals surface area contributed by atoms with E-state index in [1.807, 2.05) is 84.9 Å². The number of hydrogen-bond donors (Lipinski definition) is 0. The van der Waals surface area contributed by atoms with Crippen molar-refractivity contribution in [1.29, 1.82) is 0 Å². The Morgan fingerprint density at radius 1 is 0.833 bits per heavy atom. The van der Waals surface area contributed by atoms with Crippen LogP contribution in [0, 0.1) is 0 Å². The second kappa shape index (κ2) is 10.7. The van der Waals surface area contributed by atoms with Crippen LogP contribution in [-0.4, -0.2) is 23.0 Å². The Hall–Kier alpha value is -5.69. The van der Waals surface area contributed by atoms with Gasteiger partial charge in [-0.25, -0.2) is 4.98 Å². The van der Waals surface area contributed by atoms with Crippen LogP contribution >= 0.6 is 0 Å². The highest BCUT2D eigenvalue weighted by Gasteiger charge is 2.17. The molecule has 7 aromatic rings. The van der Waals surface area contributed by atoms with Gasteiger partial charge in [0.2, 0.25) is 5.82 Å². The summed E-state index contributed by atoms with van der Waals surface area (Å²) in [7, 11) is 1.60. The standard InChI is InChI=1S/C35H25N3O4/c1-40-31-19-9-13-25(33(31)41-22-26-14-8-12-23-10-2-4-15-27(23)26)21-36-38-34(32-20-24-11-3-7-18-30(24)42-32)37-29-17-6-5-16-28(29)35(38)39/h2-21H,22H2,1H3. The van der Waals surface area contributed by atoms with Crippen LogP contribution in [0.1, 0.15) is 11.1 Å². The van der Waals surface area contributed by atoms with E-state index < -0.39 is 0 Å². The van der Waals surface area contributed by atoms with Gasteiger partial charge in [-0.1, -0.05) is 78.9 Å². The average molecular weight is 552 g/mol. The Bertz CT molecular complexity index is 2140. The van der Waals surface area contributed by atoms with Crippen molar-refractivity contribution in [2.75, 3.05) is 7.11 Å². The van der Waals surface area contributed by atoms with E-state index in [0.29, 0.717) is 51.7 Å². The minimum absolute atomic E-state index is 0.298. The molecule has 42 heavy (non-hydrogen) atoms. The highest BCUT2D eigenvalue weighted by molar-refractivity contribution is 5.87. The Morgan fingerprint density at radius 3 is 2.43 bits per heavy atom. The molecule has 0 radical (unpaired) electrons. The summed E-state index contributed by atoms with van der Waals surface area (Å²) in [6, 6.07) is 36.6. The molecule has 0 N–H and O–H groups in total. The molecule has 0 aliphatic carbocycles. The summed E-state index contributed by atoms with van der Waals surface area (Å²) in [5, 5.41) is 8.25. The lowest BCUT2D eigenvalue weighted by Gasteiger charge is -2.14. The monoisotopic (exact) mass is 551 g/mol. The number of hydrogen-bond acceptors (Lipinski definition) is 6. The van der Waals surface area contributed by atoms with E-state index in [2.05, 4.69) is 23.3 Å². The second-order valence-corrected chi connectivity index (χ2v) is 9.77. The maximum absolute atomic E-state index is 13.7. The van der Waals surface area contributed by atoms with Gasteiger partial charge in [0.05, 0.1) is 24.2 Å². The van der Waals surface area contributed by atoms with Crippen LogP contribution in [0.25, 0.3) is 44.2 Å². The van der Waals surface area contributed by atoms with E-state index in [1.54, 1.807) is 25.5 Å². The Kier molecular flexibility index (Phi) is 6.45. The van der Waals surface area contributed by atoms with Crippen molar-refractivity contribution < 1.29 is 13.9 Å². The highest BCUT2D eigenvalue weighted by atomic mass is 16.5. The van der Waals surface area contributed by atoms with E-state index in [-0.39, 0.29) is 5.56 Å². The molecule has 2 aromatic heterocycles. The molecule has 7 heteroatoms. The topological polar surface area (TPSA) is 78.9 Å². The molecular weight excluding hydrogens is 526 g/mol. The number of methoxy groups -OCH3 is 1. The van der Waals surface area contributed by atoms with Gasteiger partial charge in [0, 0.05) is 10.9 Å². The van der Waals surface area contributed by atoms with Crippen molar-refractivity contribution in [2.24, 2.45) is 5.10 Å². The van der Waals surface area contributed by atoms with Gasteiger partial charge in [-0.15, -0.1) is 0 Å². The summed E-state index contributed by atoms with van der Waals surface area (Å²) in [4.78, 5) is 18.5. The molecular formula is C35H25N3O4. The first-order valence-electron chi connectivity index (χ1n) is 13.5. The Labute approximate surface area is 240 Å².